The van der Waals surface area contributed by atoms with Crippen LogP contribution in [0.4, 0.5) is 0 Å². The second kappa shape index (κ2) is 9.76. The van der Waals surface area contributed by atoms with Crippen LogP contribution in [0.15, 0.2) is 48.5 Å². The SMILES string of the molecule is COc1ccc([C@@H](CNC(=O)[C@H]2CC(=O)N(Cc3ccc(C)cc3)C2)N(C)C)cc1. The lowest BCUT2D eigenvalue weighted by atomic mass is 10.0. The van der Waals surface area contributed by atoms with Crippen molar-refractivity contribution >= 4 is 11.8 Å². The van der Waals surface area contributed by atoms with E-state index in [1.54, 1.807) is 12.0 Å². The lowest BCUT2D eigenvalue weighted by Crippen LogP contribution is -2.38. The van der Waals surface area contributed by atoms with Crippen LogP contribution in [-0.4, -0.2) is 55.9 Å². The number of amides is 2. The monoisotopic (exact) mass is 409 g/mol. The number of likely N-dealkylation sites (tertiary alicyclic amines) is 1. The summed E-state index contributed by atoms with van der Waals surface area (Å²) in [5.74, 6) is 0.477. The zero-order valence-corrected chi connectivity index (χ0v) is 18.2. The maximum atomic E-state index is 12.8. The van der Waals surface area contributed by atoms with Crippen LogP contribution in [-0.2, 0) is 16.1 Å². The molecule has 1 aliphatic rings. The number of carbonyl (C=O) groups is 2. The lowest BCUT2D eigenvalue weighted by molar-refractivity contribution is -0.129. The standard InChI is InChI=1S/C24H31N3O3/c1-17-5-7-18(8-6-17)15-27-16-20(13-23(27)28)24(29)25-14-22(26(2)3)19-9-11-21(30-4)12-10-19/h5-12,20,22H,13-16H2,1-4H3,(H,25,29)/t20-,22+/m0/s1. The van der Waals surface area contributed by atoms with Gasteiger partial charge in [-0.25, -0.2) is 0 Å². The van der Waals surface area contributed by atoms with Crippen LogP contribution in [0, 0.1) is 12.8 Å². The fourth-order valence-electron chi connectivity index (χ4n) is 3.78. The van der Waals surface area contributed by atoms with Crippen LogP contribution < -0.4 is 10.1 Å². The van der Waals surface area contributed by atoms with E-state index in [0.29, 0.717) is 19.6 Å². The van der Waals surface area contributed by atoms with E-state index in [1.165, 1.54) is 5.56 Å². The first-order chi connectivity index (χ1) is 14.4. The molecule has 2 aromatic rings. The van der Waals surface area contributed by atoms with Crippen LogP contribution in [0.1, 0.15) is 29.2 Å². The van der Waals surface area contributed by atoms with E-state index >= 15 is 0 Å². The highest BCUT2D eigenvalue weighted by Crippen LogP contribution is 2.23. The first-order valence-electron chi connectivity index (χ1n) is 10.3. The molecule has 1 aliphatic heterocycles. The van der Waals surface area contributed by atoms with Crippen molar-refractivity contribution in [3.05, 3.63) is 65.2 Å². The number of rotatable bonds is 8. The largest absolute Gasteiger partial charge is 0.497 e. The first-order valence-corrected chi connectivity index (χ1v) is 10.3. The van der Waals surface area contributed by atoms with Gasteiger partial charge in [-0.15, -0.1) is 0 Å². The van der Waals surface area contributed by atoms with Gasteiger partial charge in [0, 0.05) is 26.1 Å². The Morgan fingerprint density at radius 3 is 2.43 bits per heavy atom. The third-order valence-corrected chi connectivity index (χ3v) is 5.67. The third-order valence-electron chi connectivity index (χ3n) is 5.67. The van der Waals surface area contributed by atoms with Gasteiger partial charge in [-0.2, -0.15) is 0 Å². The van der Waals surface area contributed by atoms with Crippen LogP contribution in [0.25, 0.3) is 0 Å². The van der Waals surface area contributed by atoms with Crippen LogP contribution in [0.5, 0.6) is 5.75 Å². The molecule has 1 saturated heterocycles. The van der Waals surface area contributed by atoms with E-state index in [2.05, 4.69) is 10.2 Å². The van der Waals surface area contributed by atoms with Gasteiger partial charge in [0.2, 0.25) is 11.8 Å². The van der Waals surface area contributed by atoms with Crippen molar-refractivity contribution in [2.75, 3.05) is 34.3 Å². The van der Waals surface area contributed by atoms with Gasteiger partial charge in [0.25, 0.3) is 0 Å². The van der Waals surface area contributed by atoms with Crippen molar-refractivity contribution in [2.24, 2.45) is 5.92 Å². The average molecular weight is 410 g/mol. The zero-order chi connectivity index (χ0) is 21.7. The molecule has 3 rings (SSSR count). The third kappa shape index (κ3) is 5.39. The normalized spacial score (nSPS) is 17.3. The van der Waals surface area contributed by atoms with Crippen LogP contribution >= 0.6 is 0 Å². The Balaban J connectivity index is 1.56. The predicted molar refractivity (Wildman–Crippen MR) is 117 cm³/mol. The Hall–Kier alpha value is -2.86. The van der Waals surface area contributed by atoms with Crippen molar-refractivity contribution in [1.82, 2.24) is 15.1 Å². The highest BCUT2D eigenvalue weighted by atomic mass is 16.5. The minimum absolute atomic E-state index is 0.0371. The molecule has 0 unspecified atom stereocenters. The molecule has 6 nitrogen and oxygen atoms in total. The Labute approximate surface area is 178 Å². The molecule has 0 spiro atoms. The van der Waals surface area contributed by atoms with Gasteiger partial charge in [0.1, 0.15) is 5.75 Å². The lowest BCUT2D eigenvalue weighted by Gasteiger charge is -2.26. The second-order valence-electron chi connectivity index (χ2n) is 8.16. The maximum absolute atomic E-state index is 12.8. The quantitative estimate of drug-likeness (QED) is 0.728. The number of nitrogens with one attached hydrogen (secondary N) is 1. The van der Waals surface area contributed by atoms with Gasteiger partial charge >= 0.3 is 0 Å². The highest BCUT2D eigenvalue weighted by Gasteiger charge is 2.34. The molecule has 0 aromatic heterocycles. The number of carbonyl (C=O) groups excluding carboxylic acids is 2. The number of nitrogens with zero attached hydrogens (tertiary/aromatic N) is 2. The summed E-state index contributed by atoms with van der Waals surface area (Å²) < 4.78 is 5.22. The van der Waals surface area contributed by atoms with Crippen LogP contribution in [0.3, 0.4) is 0 Å². The van der Waals surface area contributed by atoms with E-state index in [-0.39, 0.29) is 30.2 Å². The number of likely N-dealkylation sites (N-methyl/N-ethyl adjacent to an activating group) is 1. The number of methoxy groups -OCH3 is 1. The highest BCUT2D eigenvalue weighted by molar-refractivity contribution is 5.89. The molecule has 2 aromatic carbocycles. The first kappa shape index (κ1) is 21.8. The molecule has 1 heterocycles. The fraction of sp³-hybridized carbons (Fsp3) is 0.417. The molecule has 2 atom stereocenters. The molecule has 1 fully saturated rings. The van der Waals surface area contributed by atoms with Gasteiger partial charge in [0.05, 0.1) is 19.1 Å². The van der Waals surface area contributed by atoms with E-state index in [1.807, 2.05) is 69.6 Å². The number of ether oxygens (including phenoxy) is 1. The van der Waals surface area contributed by atoms with E-state index in [0.717, 1.165) is 16.9 Å². The summed E-state index contributed by atoms with van der Waals surface area (Å²) in [5.41, 5.74) is 3.38. The molecule has 0 radical (unpaired) electrons. The predicted octanol–water partition coefficient (Wildman–Crippen LogP) is 2.77. The van der Waals surface area contributed by atoms with Gasteiger partial charge in [-0.3, -0.25) is 9.59 Å². The van der Waals surface area contributed by atoms with Gasteiger partial charge in [-0.05, 0) is 44.3 Å². The minimum Gasteiger partial charge on any atom is -0.497 e. The van der Waals surface area contributed by atoms with E-state index in [4.69, 9.17) is 4.74 Å². The molecule has 0 aliphatic carbocycles. The molecule has 0 saturated carbocycles. The van der Waals surface area contributed by atoms with Crippen LogP contribution in [0.2, 0.25) is 0 Å². The summed E-state index contributed by atoms with van der Waals surface area (Å²) in [6.07, 6.45) is 0.271. The molecule has 30 heavy (non-hydrogen) atoms. The second-order valence-corrected chi connectivity index (χ2v) is 8.16. The topological polar surface area (TPSA) is 61.9 Å². The summed E-state index contributed by atoms with van der Waals surface area (Å²) in [6.45, 7) is 3.54. The van der Waals surface area contributed by atoms with Crippen molar-refractivity contribution in [1.29, 1.82) is 0 Å². The Kier molecular flexibility index (Phi) is 7.11. The molecule has 160 valence electrons. The summed E-state index contributed by atoms with van der Waals surface area (Å²) in [5, 5.41) is 3.05. The van der Waals surface area contributed by atoms with E-state index in [9.17, 15) is 9.59 Å². The van der Waals surface area contributed by atoms with Crippen molar-refractivity contribution < 1.29 is 14.3 Å². The molecule has 1 N–H and O–H groups in total. The van der Waals surface area contributed by atoms with E-state index < -0.39 is 0 Å². The molecule has 6 heteroatoms. The van der Waals surface area contributed by atoms with Crippen molar-refractivity contribution in [3.8, 4) is 5.75 Å². The van der Waals surface area contributed by atoms with Gasteiger partial charge in [0.15, 0.2) is 0 Å². The number of benzene rings is 2. The average Bonchev–Trinajstić information content (AvgIpc) is 3.10. The molecule has 0 bridgehead atoms. The maximum Gasteiger partial charge on any atom is 0.225 e. The summed E-state index contributed by atoms with van der Waals surface area (Å²) >= 11 is 0. The molecular weight excluding hydrogens is 378 g/mol. The number of aryl methyl sites for hydroxylation is 1. The van der Waals surface area contributed by atoms with Crippen molar-refractivity contribution in [2.45, 2.75) is 25.9 Å². The fourth-order valence-corrected chi connectivity index (χ4v) is 3.78. The molecular formula is C24H31N3O3. The Morgan fingerprint density at radius 2 is 1.83 bits per heavy atom. The number of hydrogen-bond acceptors (Lipinski definition) is 4. The minimum atomic E-state index is -0.304. The smallest absolute Gasteiger partial charge is 0.225 e. The summed E-state index contributed by atoms with van der Waals surface area (Å²) in [7, 11) is 5.62. The zero-order valence-electron chi connectivity index (χ0n) is 18.2. The van der Waals surface area contributed by atoms with Gasteiger partial charge in [-0.1, -0.05) is 42.0 Å². The summed E-state index contributed by atoms with van der Waals surface area (Å²) in [6, 6.07) is 16.1. The van der Waals surface area contributed by atoms with Gasteiger partial charge < -0.3 is 19.9 Å². The Morgan fingerprint density at radius 1 is 1.17 bits per heavy atom. The van der Waals surface area contributed by atoms with Crippen molar-refractivity contribution in [3.63, 3.8) is 0 Å². The Bertz CT molecular complexity index is 862. The number of hydrogen-bond donors (Lipinski definition) is 1. The summed E-state index contributed by atoms with van der Waals surface area (Å²) in [4.78, 5) is 29.0. The molecule has 2 amide bonds.